The molecule has 0 aliphatic carbocycles. The van der Waals surface area contributed by atoms with E-state index in [2.05, 4.69) is 0 Å². The van der Waals surface area contributed by atoms with Crippen LogP contribution in [0, 0.1) is 0 Å². The van der Waals surface area contributed by atoms with Gasteiger partial charge in [-0.1, -0.05) is 0 Å². The molecular weight excluding hydrogens is 492 g/mol. The average molecular weight is 513 g/mol. The topological polar surface area (TPSA) is 148 Å². The number of nitrogen functional groups attached to an aromatic ring is 2. The fourth-order valence-corrected chi connectivity index (χ4v) is 4.74. The number of hydrogen-bond acceptors (Lipinski definition) is 9. The van der Waals surface area contributed by atoms with Crippen molar-refractivity contribution in [3.63, 3.8) is 0 Å². The molecule has 0 aromatic heterocycles. The van der Waals surface area contributed by atoms with Crippen LogP contribution in [0.1, 0.15) is 0 Å². The van der Waals surface area contributed by atoms with E-state index in [0.717, 1.165) is 0 Å². The Hall–Kier alpha value is -4.22. The summed E-state index contributed by atoms with van der Waals surface area (Å²) in [6.45, 7) is 0. The minimum absolute atomic E-state index is 0.0667. The van der Waals surface area contributed by atoms with Gasteiger partial charge in [0.1, 0.15) is 32.8 Å². The predicted molar refractivity (Wildman–Crippen MR) is 130 cm³/mol. The molecule has 11 heteroatoms. The molecule has 0 radical (unpaired) electrons. The summed E-state index contributed by atoms with van der Waals surface area (Å²) < 4.78 is 65.7. The van der Waals surface area contributed by atoms with Crippen molar-refractivity contribution in [1.82, 2.24) is 0 Å². The smallest absolute Gasteiger partial charge is 0.339 e. The first-order valence-corrected chi connectivity index (χ1v) is 12.9. The molecule has 0 saturated carbocycles. The van der Waals surface area contributed by atoms with E-state index < -0.39 is 20.2 Å². The van der Waals surface area contributed by atoms with Gasteiger partial charge < -0.3 is 24.6 Å². The molecule has 0 bridgehead atoms. The van der Waals surface area contributed by atoms with Crippen LogP contribution in [0.2, 0.25) is 0 Å². The Labute approximate surface area is 202 Å². The zero-order valence-electron chi connectivity index (χ0n) is 18.1. The highest BCUT2D eigenvalue weighted by Crippen LogP contribution is 2.27. The number of nitrogens with two attached hydrogens (primary N) is 2. The summed E-state index contributed by atoms with van der Waals surface area (Å²) in [4.78, 5) is -0.133. The molecule has 0 fully saturated rings. The van der Waals surface area contributed by atoms with E-state index in [1.807, 2.05) is 0 Å². The quantitative estimate of drug-likeness (QED) is 0.262. The molecule has 0 unspecified atom stereocenters. The lowest BCUT2D eigenvalue weighted by molar-refractivity contribution is 0.477. The largest absolute Gasteiger partial charge is 0.457 e. The maximum absolute atomic E-state index is 12.5. The molecule has 0 aliphatic heterocycles. The Kier molecular flexibility index (Phi) is 6.54. The van der Waals surface area contributed by atoms with Crippen LogP contribution in [-0.2, 0) is 20.2 Å². The van der Waals surface area contributed by atoms with Gasteiger partial charge in [0, 0.05) is 11.4 Å². The predicted octanol–water partition coefficient (Wildman–Crippen LogP) is 4.18. The van der Waals surface area contributed by atoms with E-state index in [1.54, 1.807) is 0 Å². The number of benzene rings is 4. The normalized spacial score (nSPS) is 11.5. The molecule has 0 heterocycles. The molecule has 4 rings (SSSR count). The van der Waals surface area contributed by atoms with Crippen LogP contribution in [0.5, 0.6) is 23.0 Å². The third kappa shape index (κ3) is 6.02. The van der Waals surface area contributed by atoms with Crippen molar-refractivity contribution in [2.24, 2.45) is 0 Å². The molecule has 35 heavy (non-hydrogen) atoms. The van der Waals surface area contributed by atoms with Crippen LogP contribution in [0.4, 0.5) is 11.4 Å². The summed E-state index contributed by atoms with van der Waals surface area (Å²) in [5.41, 5.74) is 12.1. The van der Waals surface area contributed by atoms with Gasteiger partial charge in [-0.3, -0.25) is 0 Å². The summed E-state index contributed by atoms with van der Waals surface area (Å²) in [5, 5.41) is 0. The molecule has 0 spiro atoms. The standard InChI is InChI=1S/C24H20N2O7S2/c25-17-1-5-21(6-2-17)32-34(27,28)23-13-9-19(10-14-23)31-20-11-15-24(16-12-20)35(29,30)33-22-7-3-18(26)4-8-22/h1-16H,25-26H2. The Bertz CT molecular complexity index is 1400. The van der Waals surface area contributed by atoms with Crippen molar-refractivity contribution in [2.75, 3.05) is 11.5 Å². The summed E-state index contributed by atoms with van der Waals surface area (Å²) in [6, 6.07) is 23.1. The molecule has 9 nitrogen and oxygen atoms in total. The number of ether oxygens (including phenoxy) is 1. The lowest BCUT2D eigenvalue weighted by Crippen LogP contribution is -2.09. The number of anilines is 2. The van der Waals surface area contributed by atoms with Crippen LogP contribution in [-0.4, -0.2) is 16.8 Å². The van der Waals surface area contributed by atoms with Gasteiger partial charge in [0.15, 0.2) is 0 Å². The van der Waals surface area contributed by atoms with E-state index in [0.29, 0.717) is 22.9 Å². The first-order valence-electron chi connectivity index (χ1n) is 10.1. The van der Waals surface area contributed by atoms with Crippen LogP contribution in [0.3, 0.4) is 0 Å². The number of hydrogen-bond donors (Lipinski definition) is 2. The molecule has 0 aliphatic rings. The van der Waals surface area contributed by atoms with Crippen molar-refractivity contribution in [3.05, 3.63) is 97.1 Å². The lowest BCUT2D eigenvalue weighted by atomic mass is 10.3. The highest BCUT2D eigenvalue weighted by atomic mass is 32.2. The van der Waals surface area contributed by atoms with E-state index in [-0.39, 0.29) is 21.3 Å². The molecular formula is C24H20N2O7S2. The van der Waals surface area contributed by atoms with Crippen molar-refractivity contribution in [1.29, 1.82) is 0 Å². The van der Waals surface area contributed by atoms with Gasteiger partial charge in [0.05, 0.1) is 0 Å². The highest BCUT2D eigenvalue weighted by Gasteiger charge is 2.18. The summed E-state index contributed by atoms with van der Waals surface area (Å²) in [6.07, 6.45) is 0. The Balaban J connectivity index is 1.42. The Morgan fingerprint density at radius 2 is 0.714 bits per heavy atom. The number of rotatable bonds is 8. The van der Waals surface area contributed by atoms with Gasteiger partial charge in [0.25, 0.3) is 0 Å². The molecule has 4 N–H and O–H groups in total. The highest BCUT2D eigenvalue weighted by molar-refractivity contribution is 7.87. The van der Waals surface area contributed by atoms with Crippen molar-refractivity contribution < 1.29 is 29.9 Å². The van der Waals surface area contributed by atoms with Crippen LogP contribution >= 0.6 is 0 Å². The first kappa shape index (κ1) is 23.9. The SMILES string of the molecule is Nc1ccc(OS(=O)(=O)c2ccc(Oc3ccc(S(=O)(=O)Oc4ccc(N)cc4)cc3)cc2)cc1. The van der Waals surface area contributed by atoms with Gasteiger partial charge >= 0.3 is 20.2 Å². The van der Waals surface area contributed by atoms with Crippen LogP contribution < -0.4 is 24.6 Å². The van der Waals surface area contributed by atoms with Gasteiger partial charge in [-0.2, -0.15) is 16.8 Å². The van der Waals surface area contributed by atoms with E-state index in [9.17, 15) is 16.8 Å². The van der Waals surface area contributed by atoms with Gasteiger partial charge in [0.2, 0.25) is 0 Å². The second-order valence-electron chi connectivity index (χ2n) is 7.26. The maximum Gasteiger partial charge on any atom is 0.339 e. The van der Waals surface area contributed by atoms with E-state index in [1.165, 1.54) is 97.1 Å². The monoisotopic (exact) mass is 512 g/mol. The zero-order valence-corrected chi connectivity index (χ0v) is 19.7. The third-order valence-corrected chi connectivity index (χ3v) is 7.16. The zero-order chi connectivity index (χ0) is 25.1. The molecule has 0 saturated heterocycles. The minimum atomic E-state index is -4.05. The van der Waals surface area contributed by atoms with Crippen molar-refractivity contribution in [2.45, 2.75) is 9.79 Å². The van der Waals surface area contributed by atoms with Gasteiger partial charge in [-0.25, -0.2) is 0 Å². The Morgan fingerprint density at radius 1 is 0.429 bits per heavy atom. The van der Waals surface area contributed by atoms with Crippen LogP contribution in [0.25, 0.3) is 0 Å². The molecule has 4 aromatic rings. The van der Waals surface area contributed by atoms with Crippen LogP contribution in [0.15, 0.2) is 107 Å². The summed E-state index contributed by atoms with van der Waals surface area (Å²) >= 11 is 0. The molecule has 0 atom stereocenters. The fraction of sp³-hybridized carbons (Fsp3) is 0. The third-order valence-electron chi connectivity index (χ3n) is 4.63. The fourth-order valence-electron chi connectivity index (χ4n) is 2.88. The second-order valence-corrected chi connectivity index (χ2v) is 10.4. The first-order chi connectivity index (χ1) is 16.6. The van der Waals surface area contributed by atoms with E-state index >= 15 is 0 Å². The summed E-state index contributed by atoms with van der Waals surface area (Å²) in [5.74, 6) is 0.945. The minimum Gasteiger partial charge on any atom is -0.457 e. The molecule has 0 amide bonds. The summed E-state index contributed by atoms with van der Waals surface area (Å²) in [7, 11) is -8.10. The maximum atomic E-state index is 12.5. The second kappa shape index (κ2) is 9.57. The lowest BCUT2D eigenvalue weighted by Gasteiger charge is -2.10. The Morgan fingerprint density at radius 3 is 1.03 bits per heavy atom. The van der Waals surface area contributed by atoms with Crippen molar-refractivity contribution >= 4 is 31.6 Å². The van der Waals surface area contributed by atoms with E-state index in [4.69, 9.17) is 24.6 Å². The van der Waals surface area contributed by atoms with Crippen molar-refractivity contribution in [3.8, 4) is 23.0 Å². The van der Waals surface area contributed by atoms with Gasteiger partial charge in [-0.05, 0) is 97.1 Å². The molecule has 180 valence electrons. The average Bonchev–Trinajstić information content (AvgIpc) is 2.82. The van der Waals surface area contributed by atoms with Gasteiger partial charge in [-0.15, -0.1) is 0 Å². The molecule has 4 aromatic carbocycles.